The number of amides is 3. The zero-order chi connectivity index (χ0) is 34.8. The second-order valence-corrected chi connectivity index (χ2v) is 12.5. The molecule has 248 valence electrons. The van der Waals surface area contributed by atoms with Crippen molar-refractivity contribution in [3.05, 3.63) is 154 Å². The second-order valence-electron chi connectivity index (χ2n) is 10.5. The Kier molecular flexibility index (Phi) is 12.0. The van der Waals surface area contributed by atoms with Gasteiger partial charge < -0.3 is 25.4 Å². The van der Waals surface area contributed by atoms with Crippen molar-refractivity contribution < 1.29 is 23.9 Å². The third-order valence-electron chi connectivity index (χ3n) is 7.16. The lowest BCUT2D eigenvalue weighted by molar-refractivity contribution is -0.116. The maximum absolute atomic E-state index is 13.7. The molecule has 1 atom stereocenters. The van der Waals surface area contributed by atoms with Crippen molar-refractivity contribution in [3.8, 4) is 11.5 Å². The van der Waals surface area contributed by atoms with Gasteiger partial charge in [0.1, 0.15) is 22.4 Å². The number of thioether (sulfide) groups is 1. The molecule has 0 aliphatic carbocycles. The topological polar surface area (TPSA) is 106 Å². The van der Waals surface area contributed by atoms with Gasteiger partial charge in [0.15, 0.2) is 0 Å². The highest BCUT2D eigenvalue weighted by molar-refractivity contribution is 8.00. The van der Waals surface area contributed by atoms with E-state index in [4.69, 9.17) is 32.7 Å². The highest BCUT2D eigenvalue weighted by atomic mass is 35.5. The Hall–Kier alpha value is -5.22. The summed E-state index contributed by atoms with van der Waals surface area (Å²) in [7, 11) is 3.08. The summed E-state index contributed by atoms with van der Waals surface area (Å²) < 4.78 is 10.7. The molecule has 0 saturated heterocycles. The van der Waals surface area contributed by atoms with E-state index >= 15 is 0 Å². The van der Waals surface area contributed by atoms with E-state index in [0.717, 1.165) is 10.5 Å². The number of methoxy groups -OCH3 is 2. The fourth-order valence-corrected chi connectivity index (χ4v) is 6.16. The summed E-state index contributed by atoms with van der Waals surface area (Å²) in [5, 5.41) is 8.66. The third-order valence-corrected chi connectivity index (χ3v) is 8.99. The maximum atomic E-state index is 13.7. The molecule has 0 bridgehead atoms. The molecule has 0 aliphatic heterocycles. The van der Waals surface area contributed by atoms with E-state index in [1.807, 2.05) is 30.3 Å². The molecule has 5 aromatic carbocycles. The monoisotopic (exact) mass is 711 g/mol. The average Bonchev–Trinajstić information content (AvgIpc) is 3.12. The molecule has 0 aliphatic rings. The Balaban J connectivity index is 1.35. The van der Waals surface area contributed by atoms with E-state index in [2.05, 4.69) is 16.0 Å². The molecular formula is C38H31Cl2N3O5S. The van der Waals surface area contributed by atoms with Crippen LogP contribution < -0.4 is 25.4 Å². The van der Waals surface area contributed by atoms with Crippen molar-refractivity contribution in [2.45, 2.75) is 10.1 Å². The van der Waals surface area contributed by atoms with E-state index in [1.165, 1.54) is 24.9 Å². The summed E-state index contributed by atoms with van der Waals surface area (Å²) in [6.07, 6.45) is 1.49. The second kappa shape index (κ2) is 16.7. The number of ether oxygens (including phenoxy) is 2. The standard InChI is InChI=1S/C38H31Cl2N3O5S/c1-47-29-17-20-32(34(23-29)48-2)42-38(46)35(24-9-5-3-6-10-24)49-30-18-15-28(16-19-30)41-37(45)33(21-26-13-14-27(39)22-31(26)40)43-36(44)25-11-7-4-8-12-25/h3-23,35H,1-2H3,(H,41,45)(H,42,46)(H,43,44)/b33-21-. The predicted molar refractivity (Wildman–Crippen MR) is 197 cm³/mol. The number of rotatable bonds is 12. The summed E-state index contributed by atoms with van der Waals surface area (Å²) >= 11 is 13.8. The van der Waals surface area contributed by atoms with Crippen molar-refractivity contribution in [2.24, 2.45) is 0 Å². The molecule has 49 heavy (non-hydrogen) atoms. The largest absolute Gasteiger partial charge is 0.497 e. The Morgan fingerprint density at radius 3 is 2.10 bits per heavy atom. The molecule has 3 N–H and O–H groups in total. The van der Waals surface area contributed by atoms with Crippen LogP contribution in [0.25, 0.3) is 6.08 Å². The van der Waals surface area contributed by atoms with Crippen molar-refractivity contribution in [1.82, 2.24) is 5.32 Å². The lowest BCUT2D eigenvalue weighted by atomic mass is 10.1. The maximum Gasteiger partial charge on any atom is 0.272 e. The highest BCUT2D eigenvalue weighted by Gasteiger charge is 2.24. The smallest absolute Gasteiger partial charge is 0.272 e. The molecule has 0 aromatic heterocycles. The number of halogens is 2. The average molecular weight is 713 g/mol. The summed E-state index contributed by atoms with van der Waals surface area (Å²) in [4.78, 5) is 41.0. The molecule has 5 rings (SSSR count). The van der Waals surface area contributed by atoms with Crippen LogP contribution in [-0.4, -0.2) is 31.9 Å². The van der Waals surface area contributed by atoms with Crippen molar-refractivity contribution in [1.29, 1.82) is 0 Å². The fourth-order valence-electron chi connectivity index (χ4n) is 4.67. The first-order chi connectivity index (χ1) is 23.7. The lowest BCUT2D eigenvalue weighted by Gasteiger charge is -2.19. The molecule has 0 saturated carbocycles. The minimum absolute atomic E-state index is 0.0219. The van der Waals surface area contributed by atoms with Gasteiger partial charge in [0, 0.05) is 32.3 Å². The minimum Gasteiger partial charge on any atom is -0.497 e. The van der Waals surface area contributed by atoms with Gasteiger partial charge >= 0.3 is 0 Å². The summed E-state index contributed by atoms with van der Waals surface area (Å²) in [6, 6.07) is 35.0. The van der Waals surface area contributed by atoms with E-state index in [0.29, 0.717) is 44.0 Å². The molecule has 0 heterocycles. The molecule has 11 heteroatoms. The quantitative estimate of drug-likeness (QED) is 0.0882. The predicted octanol–water partition coefficient (Wildman–Crippen LogP) is 8.89. The van der Waals surface area contributed by atoms with E-state index in [-0.39, 0.29) is 11.6 Å². The minimum atomic E-state index is -0.611. The van der Waals surface area contributed by atoms with Crippen LogP contribution >= 0.6 is 35.0 Å². The molecule has 0 spiro atoms. The van der Waals surface area contributed by atoms with Crippen LogP contribution in [0.15, 0.2) is 132 Å². The lowest BCUT2D eigenvalue weighted by Crippen LogP contribution is -2.30. The Morgan fingerprint density at radius 2 is 1.45 bits per heavy atom. The molecule has 1 unspecified atom stereocenters. The molecular weight excluding hydrogens is 681 g/mol. The van der Waals surface area contributed by atoms with Crippen molar-refractivity contribution >= 4 is 70.1 Å². The number of benzene rings is 5. The molecule has 0 radical (unpaired) electrons. The summed E-state index contributed by atoms with van der Waals surface area (Å²) in [6.45, 7) is 0. The fraction of sp³-hybridized carbons (Fsp3) is 0.0789. The number of nitrogens with one attached hydrogen (secondary N) is 3. The zero-order valence-corrected chi connectivity index (χ0v) is 28.7. The van der Waals surface area contributed by atoms with Crippen molar-refractivity contribution in [3.63, 3.8) is 0 Å². The number of hydrogen-bond acceptors (Lipinski definition) is 6. The molecule has 5 aromatic rings. The Labute approximate surface area is 298 Å². The van der Waals surface area contributed by atoms with Gasteiger partial charge in [0.2, 0.25) is 5.91 Å². The van der Waals surface area contributed by atoms with E-state index in [9.17, 15) is 14.4 Å². The Morgan fingerprint density at radius 1 is 0.755 bits per heavy atom. The van der Waals surface area contributed by atoms with Crippen LogP contribution in [0.5, 0.6) is 11.5 Å². The molecule has 8 nitrogen and oxygen atoms in total. The van der Waals surface area contributed by atoms with Crippen LogP contribution in [0, 0.1) is 0 Å². The Bertz CT molecular complexity index is 1970. The van der Waals surface area contributed by atoms with Crippen LogP contribution in [0.4, 0.5) is 11.4 Å². The van der Waals surface area contributed by atoms with E-state index < -0.39 is 17.1 Å². The van der Waals surface area contributed by atoms with Crippen molar-refractivity contribution in [2.75, 3.05) is 24.9 Å². The highest BCUT2D eigenvalue weighted by Crippen LogP contribution is 2.38. The SMILES string of the molecule is COc1ccc(NC(=O)C(Sc2ccc(NC(=O)/C(=C/c3ccc(Cl)cc3Cl)NC(=O)c3ccccc3)cc2)c2ccccc2)c(OC)c1. The number of carbonyl (C=O) groups is 3. The van der Waals surface area contributed by atoms with Crippen LogP contribution in [0.3, 0.4) is 0 Å². The van der Waals surface area contributed by atoms with Gasteiger partial charge in [-0.3, -0.25) is 14.4 Å². The summed E-state index contributed by atoms with van der Waals surface area (Å²) in [5.74, 6) is -0.203. The molecule has 3 amide bonds. The molecule has 0 fully saturated rings. The first kappa shape index (κ1) is 35.1. The number of anilines is 2. The van der Waals surface area contributed by atoms with Crippen LogP contribution in [0.1, 0.15) is 26.7 Å². The van der Waals surface area contributed by atoms with Gasteiger partial charge in [0.05, 0.1) is 19.9 Å². The zero-order valence-electron chi connectivity index (χ0n) is 26.4. The van der Waals surface area contributed by atoms with Gasteiger partial charge in [-0.2, -0.15) is 0 Å². The number of hydrogen-bond donors (Lipinski definition) is 3. The first-order valence-corrected chi connectivity index (χ1v) is 16.6. The summed E-state index contributed by atoms with van der Waals surface area (Å²) in [5.41, 5.74) is 2.64. The van der Waals surface area contributed by atoms with E-state index in [1.54, 1.807) is 98.1 Å². The first-order valence-electron chi connectivity index (χ1n) is 14.9. The van der Waals surface area contributed by atoms with Gasteiger partial charge in [-0.05, 0) is 77.9 Å². The third kappa shape index (κ3) is 9.45. The van der Waals surface area contributed by atoms with Gasteiger partial charge in [-0.25, -0.2) is 0 Å². The van der Waals surface area contributed by atoms with Crippen LogP contribution in [-0.2, 0) is 9.59 Å². The normalized spacial score (nSPS) is 11.6. The van der Waals surface area contributed by atoms with Gasteiger partial charge in [-0.15, -0.1) is 11.8 Å². The number of carbonyl (C=O) groups excluding carboxylic acids is 3. The van der Waals surface area contributed by atoms with Gasteiger partial charge in [-0.1, -0.05) is 77.8 Å². The van der Waals surface area contributed by atoms with Crippen LogP contribution in [0.2, 0.25) is 10.0 Å². The van der Waals surface area contributed by atoms with Gasteiger partial charge in [0.25, 0.3) is 11.8 Å².